The van der Waals surface area contributed by atoms with Gasteiger partial charge in [-0.05, 0) is 24.6 Å². The normalized spacial score (nSPS) is 15.7. The van der Waals surface area contributed by atoms with Gasteiger partial charge >= 0.3 is 0 Å². The largest absolute Gasteiger partial charge is 0.492 e. The van der Waals surface area contributed by atoms with Crippen molar-refractivity contribution < 1.29 is 13.2 Å². The maximum atomic E-state index is 13.1. The van der Waals surface area contributed by atoms with Gasteiger partial charge in [-0.3, -0.25) is 4.98 Å². The highest BCUT2D eigenvalue weighted by molar-refractivity contribution is 7.89. The van der Waals surface area contributed by atoms with Gasteiger partial charge in [-0.25, -0.2) is 8.42 Å². The van der Waals surface area contributed by atoms with E-state index in [0.29, 0.717) is 32.0 Å². The van der Waals surface area contributed by atoms with Gasteiger partial charge < -0.3 is 9.64 Å². The zero-order chi connectivity index (χ0) is 17.2. The van der Waals surface area contributed by atoms with Crippen molar-refractivity contribution in [3.8, 4) is 5.75 Å². The molecule has 1 aromatic carbocycles. The zero-order valence-corrected chi connectivity index (χ0v) is 14.7. The first-order valence-corrected chi connectivity index (χ1v) is 9.34. The molecule has 2 heterocycles. The third kappa shape index (κ3) is 3.09. The van der Waals surface area contributed by atoms with E-state index in [1.165, 1.54) is 16.7 Å². The molecule has 0 N–H and O–H groups in total. The maximum absolute atomic E-state index is 13.1. The molecule has 0 bridgehead atoms. The van der Waals surface area contributed by atoms with E-state index < -0.39 is 10.0 Å². The van der Waals surface area contributed by atoms with Crippen LogP contribution in [0.25, 0.3) is 0 Å². The quantitative estimate of drug-likeness (QED) is 0.848. The van der Waals surface area contributed by atoms with Crippen LogP contribution in [0.1, 0.15) is 12.5 Å². The van der Waals surface area contributed by atoms with E-state index in [0.717, 1.165) is 11.3 Å². The van der Waals surface area contributed by atoms with Crippen molar-refractivity contribution in [1.82, 2.24) is 9.29 Å². The number of anilines is 1. The van der Waals surface area contributed by atoms with Crippen molar-refractivity contribution in [3.05, 3.63) is 48.3 Å². The Bertz CT molecular complexity index is 823. The second kappa shape index (κ2) is 6.78. The number of ether oxygens (including phenoxy) is 1. The number of pyridine rings is 1. The average molecular weight is 347 g/mol. The van der Waals surface area contributed by atoms with E-state index in [9.17, 15) is 8.42 Å². The van der Waals surface area contributed by atoms with Gasteiger partial charge in [-0.2, -0.15) is 4.31 Å². The van der Waals surface area contributed by atoms with Crippen molar-refractivity contribution in [3.63, 3.8) is 0 Å². The molecule has 1 aliphatic rings. The predicted molar refractivity (Wildman–Crippen MR) is 92.7 cm³/mol. The molecule has 0 radical (unpaired) electrons. The molecule has 0 saturated heterocycles. The van der Waals surface area contributed by atoms with Crippen LogP contribution in [0.3, 0.4) is 0 Å². The zero-order valence-electron chi connectivity index (χ0n) is 13.8. The van der Waals surface area contributed by atoms with Gasteiger partial charge in [0, 0.05) is 38.6 Å². The number of rotatable bonds is 4. The Morgan fingerprint density at radius 3 is 2.79 bits per heavy atom. The van der Waals surface area contributed by atoms with E-state index in [2.05, 4.69) is 9.88 Å². The van der Waals surface area contributed by atoms with Crippen LogP contribution in [0.4, 0.5) is 5.69 Å². The van der Waals surface area contributed by atoms with Crippen LogP contribution in [0.2, 0.25) is 0 Å². The van der Waals surface area contributed by atoms with Crippen LogP contribution in [0.5, 0.6) is 5.75 Å². The SMILES string of the molecule is CCOc1ccncc1S(=O)(=O)N1CCN(C)c2ccccc2C1. The number of hydrogen-bond donors (Lipinski definition) is 0. The number of nitrogens with zero attached hydrogens (tertiary/aromatic N) is 3. The lowest BCUT2D eigenvalue weighted by Crippen LogP contribution is -2.34. The highest BCUT2D eigenvalue weighted by atomic mass is 32.2. The smallest absolute Gasteiger partial charge is 0.248 e. The molecule has 6 nitrogen and oxygen atoms in total. The molecule has 1 aliphatic heterocycles. The fraction of sp³-hybridized carbons (Fsp3) is 0.353. The van der Waals surface area contributed by atoms with Gasteiger partial charge in [-0.1, -0.05) is 18.2 Å². The van der Waals surface area contributed by atoms with Crippen LogP contribution < -0.4 is 9.64 Å². The Morgan fingerprint density at radius 1 is 1.21 bits per heavy atom. The van der Waals surface area contributed by atoms with E-state index in [1.807, 2.05) is 38.2 Å². The molecule has 2 aromatic rings. The molecular formula is C17H21N3O3S. The Kier molecular flexibility index (Phi) is 4.73. The van der Waals surface area contributed by atoms with Gasteiger partial charge in [0.25, 0.3) is 0 Å². The van der Waals surface area contributed by atoms with Crippen LogP contribution in [0.15, 0.2) is 47.6 Å². The van der Waals surface area contributed by atoms with E-state index >= 15 is 0 Å². The topological polar surface area (TPSA) is 62.7 Å². The van der Waals surface area contributed by atoms with Gasteiger partial charge in [0.2, 0.25) is 10.0 Å². The molecule has 0 atom stereocenters. The molecule has 1 aromatic heterocycles. The lowest BCUT2D eigenvalue weighted by Gasteiger charge is -2.21. The summed E-state index contributed by atoms with van der Waals surface area (Å²) in [5.74, 6) is 0.346. The molecular weight excluding hydrogens is 326 g/mol. The predicted octanol–water partition coefficient (Wildman–Crippen LogP) is 2.12. The Morgan fingerprint density at radius 2 is 2.00 bits per heavy atom. The second-order valence-corrected chi connectivity index (χ2v) is 7.55. The van der Waals surface area contributed by atoms with Crippen molar-refractivity contribution in [1.29, 1.82) is 0 Å². The minimum absolute atomic E-state index is 0.119. The van der Waals surface area contributed by atoms with Crippen molar-refractivity contribution in [2.75, 3.05) is 31.6 Å². The molecule has 0 spiro atoms. The monoisotopic (exact) mass is 347 g/mol. The summed E-state index contributed by atoms with van der Waals surface area (Å²) in [6.45, 7) is 3.60. The van der Waals surface area contributed by atoms with Gasteiger partial charge in [-0.15, -0.1) is 0 Å². The van der Waals surface area contributed by atoms with Gasteiger partial charge in [0.05, 0.1) is 12.8 Å². The number of para-hydroxylation sites is 1. The summed E-state index contributed by atoms with van der Waals surface area (Å²) in [6.07, 6.45) is 2.90. The van der Waals surface area contributed by atoms with Crippen molar-refractivity contribution in [2.45, 2.75) is 18.4 Å². The number of hydrogen-bond acceptors (Lipinski definition) is 5. The fourth-order valence-corrected chi connectivity index (χ4v) is 4.33. The number of likely N-dealkylation sites (N-methyl/N-ethyl adjacent to an activating group) is 1. The van der Waals surface area contributed by atoms with E-state index in [-0.39, 0.29) is 4.90 Å². The molecule has 0 amide bonds. The van der Waals surface area contributed by atoms with E-state index in [1.54, 1.807) is 6.07 Å². The molecule has 0 saturated carbocycles. The number of sulfonamides is 1. The Balaban J connectivity index is 1.99. The first-order valence-electron chi connectivity index (χ1n) is 7.90. The minimum atomic E-state index is -3.69. The summed E-state index contributed by atoms with van der Waals surface area (Å²) in [5, 5.41) is 0. The minimum Gasteiger partial charge on any atom is -0.492 e. The number of aromatic nitrogens is 1. The summed E-state index contributed by atoms with van der Waals surface area (Å²) in [4.78, 5) is 6.18. The second-order valence-electron chi connectivity index (χ2n) is 5.64. The molecule has 24 heavy (non-hydrogen) atoms. The first kappa shape index (κ1) is 16.7. The lowest BCUT2D eigenvalue weighted by atomic mass is 10.1. The molecule has 0 aliphatic carbocycles. The van der Waals surface area contributed by atoms with E-state index in [4.69, 9.17) is 4.74 Å². The molecule has 3 rings (SSSR count). The van der Waals surface area contributed by atoms with Crippen LogP contribution in [-0.2, 0) is 16.6 Å². The number of fused-ring (bicyclic) bond motifs is 1. The maximum Gasteiger partial charge on any atom is 0.248 e. The van der Waals surface area contributed by atoms with Gasteiger partial charge in [0.1, 0.15) is 10.6 Å². The molecule has 7 heteroatoms. The first-order chi connectivity index (χ1) is 11.5. The van der Waals surface area contributed by atoms with Gasteiger partial charge in [0.15, 0.2) is 0 Å². The highest BCUT2D eigenvalue weighted by Gasteiger charge is 2.30. The third-order valence-corrected chi connectivity index (χ3v) is 5.95. The standard InChI is InChI=1S/C17H21N3O3S/c1-3-23-16-8-9-18-12-17(16)24(21,22)20-11-10-19(2)15-7-5-4-6-14(15)13-20/h4-9,12H,3,10-11,13H2,1-2H3. The summed E-state index contributed by atoms with van der Waals surface area (Å²) in [5.41, 5.74) is 2.05. The average Bonchev–Trinajstić information content (AvgIpc) is 2.76. The van der Waals surface area contributed by atoms with Crippen LogP contribution in [0, 0.1) is 0 Å². The Labute approximate surface area is 142 Å². The summed E-state index contributed by atoms with van der Waals surface area (Å²) < 4.78 is 33.3. The summed E-state index contributed by atoms with van der Waals surface area (Å²) >= 11 is 0. The van der Waals surface area contributed by atoms with Crippen molar-refractivity contribution in [2.24, 2.45) is 0 Å². The Hall–Kier alpha value is -2.12. The fourth-order valence-electron chi connectivity index (χ4n) is 2.85. The number of benzene rings is 1. The molecule has 128 valence electrons. The third-order valence-electron chi connectivity index (χ3n) is 4.10. The van der Waals surface area contributed by atoms with Crippen LogP contribution >= 0.6 is 0 Å². The molecule has 0 fully saturated rings. The summed E-state index contributed by atoms with van der Waals surface area (Å²) in [7, 11) is -1.71. The summed E-state index contributed by atoms with van der Waals surface area (Å²) in [6, 6.07) is 9.47. The highest BCUT2D eigenvalue weighted by Crippen LogP contribution is 2.30. The van der Waals surface area contributed by atoms with Crippen molar-refractivity contribution >= 4 is 15.7 Å². The lowest BCUT2D eigenvalue weighted by molar-refractivity contribution is 0.328. The molecule has 0 unspecified atom stereocenters. The van der Waals surface area contributed by atoms with Crippen LogP contribution in [-0.4, -0.2) is 44.5 Å².